The third kappa shape index (κ3) is 2.63. The molecule has 0 unspecified atom stereocenters. The van der Waals surface area contributed by atoms with Crippen LogP contribution in [0.5, 0.6) is 0 Å². The van der Waals surface area contributed by atoms with Crippen LogP contribution in [0.15, 0.2) is 24.4 Å². The van der Waals surface area contributed by atoms with Crippen LogP contribution in [0.2, 0.25) is 10.0 Å². The molecular formula is C12H13Cl2N3. The Balaban J connectivity index is 2.52. The Morgan fingerprint density at radius 1 is 1.35 bits per heavy atom. The Labute approximate surface area is 110 Å². The van der Waals surface area contributed by atoms with Crippen LogP contribution in [-0.4, -0.2) is 16.3 Å². The van der Waals surface area contributed by atoms with E-state index in [-0.39, 0.29) is 0 Å². The monoisotopic (exact) mass is 269 g/mol. The minimum Gasteiger partial charge on any atom is -0.330 e. The van der Waals surface area contributed by atoms with Gasteiger partial charge < -0.3 is 5.73 Å². The highest BCUT2D eigenvalue weighted by Gasteiger charge is 2.09. The maximum absolute atomic E-state index is 6.01. The van der Waals surface area contributed by atoms with Gasteiger partial charge in [-0.05, 0) is 37.6 Å². The summed E-state index contributed by atoms with van der Waals surface area (Å²) < 4.78 is 1.74. The number of aromatic nitrogens is 2. The molecule has 0 saturated carbocycles. The molecule has 0 saturated heterocycles. The lowest BCUT2D eigenvalue weighted by molar-refractivity contribution is 0.838. The number of nitrogens with two attached hydrogens (primary N) is 1. The van der Waals surface area contributed by atoms with Gasteiger partial charge in [0.05, 0.1) is 16.4 Å². The molecule has 0 radical (unpaired) electrons. The Bertz CT molecular complexity index is 515. The van der Waals surface area contributed by atoms with E-state index in [0.29, 0.717) is 16.6 Å². The predicted octanol–water partition coefficient (Wildman–Crippen LogP) is 2.99. The normalized spacial score (nSPS) is 10.8. The lowest BCUT2D eigenvalue weighted by Gasteiger charge is -2.09. The van der Waals surface area contributed by atoms with Crippen LogP contribution in [0.4, 0.5) is 0 Å². The molecule has 0 fully saturated rings. The van der Waals surface area contributed by atoms with Crippen molar-refractivity contribution < 1.29 is 0 Å². The van der Waals surface area contributed by atoms with Crippen molar-refractivity contribution in [3.63, 3.8) is 0 Å². The minimum atomic E-state index is 0.586. The standard InChI is InChI=1S/C12H13Cl2N3/c1-8-11(14)7-17(16-8)12-6-10(13)3-2-9(12)4-5-15/h2-3,6-7H,4-5,15H2,1H3. The number of hydrogen-bond donors (Lipinski definition) is 1. The van der Waals surface area contributed by atoms with Gasteiger partial charge in [-0.1, -0.05) is 29.3 Å². The zero-order valence-corrected chi connectivity index (χ0v) is 11.0. The Hall–Kier alpha value is -1.03. The average molecular weight is 270 g/mol. The Morgan fingerprint density at radius 2 is 2.12 bits per heavy atom. The predicted molar refractivity (Wildman–Crippen MR) is 71.1 cm³/mol. The number of halogens is 2. The molecule has 90 valence electrons. The fourth-order valence-electron chi connectivity index (χ4n) is 1.68. The van der Waals surface area contributed by atoms with E-state index in [2.05, 4.69) is 5.10 Å². The second-order valence-electron chi connectivity index (χ2n) is 3.82. The molecular weight excluding hydrogens is 257 g/mol. The van der Waals surface area contributed by atoms with Gasteiger partial charge >= 0.3 is 0 Å². The molecule has 17 heavy (non-hydrogen) atoms. The molecule has 0 amide bonds. The van der Waals surface area contributed by atoms with Crippen LogP contribution >= 0.6 is 23.2 Å². The molecule has 2 aromatic rings. The highest BCUT2D eigenvalue weighted by molar-refractivity contribution is 6.31. The maximum atomic E-state index is 6.01. The largest absolute Gasteiger partial charge is 0.330 e. The van der Waals surface area contributed by atoms with Gasteiger partial charge in [0.2, 0.25) is 0 Å². The highest BCUT2D eigenvalue weighted by Crippen LogP contribution is 2.22. The first kappa shape index (κ1) is 12.4. The molecule has 1 heterocycles. The SMILES string of the molecule is Cc1nn(-c2cc(Cl)ccc2CCN)cc1Cl. The summed E-state index contributed by atoms with van der Waals surface area (Å²) in [5.74, 6) is 0. The van der Waals surface area contributed by atoms with Crippen LogP contribution < -0.4 is 5.73 Å². The topological polar surface area (TPSA) is 43.8 Å². The number of rotatable bonds is 3. The summed E-state index contributed by atoms with van der Waals surface area (Å²) in [7, 11) is 0. The van der Waals surface area contributed by atoms with Gasteiger partial charge in [-0.2, -0.15) is 5.10 Å². The molecule has 3 nitrogen and oxygen atoms in total. The van der Waals surface area contributed by atoms with E-state index < -0.39 is 0 Å². The minimum absolute atomic E-state index is 0.586. The summed E-state index contributed by atoms with van der Waals surface area (Å²) in [4.78, 5) is 0. The van der Waals surface area contributed by atoms with Crippen molar-refractivity contribution in [1.82, 2.24) is 9.78 Å². The zero-order valence-electron chi connectivity index (χ0n) is 9.45. The number of hydrogen-bond acceptors (Lipinski definition) is 2. The molecule has 0 aliphatic carbocycles. The molecule has 0 aliphatic heterocycles. The first-order valence-corrected chi connectivity index (χ1v) is 6.08. The van der Waals surface area contributed by atoms with Crippen LogP contribution in [0.25, 0.3) is 5.69 Å². The molecule has 0 aliphatic rings. The van der Waals surface area contributed by atoms with Crippen molar-refractivity contribution in [1.29, 1.82) is 0 Å². The third-order valence-electron chi connectivity index (χ3n) is 2.55. The van der Waals surface area contributed by atoms with Crippen molar-refractivity contribution in [3.8, 4) is 5.69 Å². The van der Waals surface area contributed by atoms with E-state index >= 15 is 0 Å². The van der Waals surface area contributed by atoms with E-state index in [1.165, 1.54) is 0 Å². The first-order chi connectivity index (χ1) is 8.11. The van der Waals surface area contributed by atoms with Crippen LogP contribution in [0.1, 0.15) is 11.3 Å². The van der Waals surface area contributed by atoms with E-state index in [9.17, 15) is 0 Å². The molecule has 0 atom stereocenters. The van der Waals surface area contributed by atoms with E-state index in [4.69, 9.17) is 28.9 Å². The van der Waals surface area contributed by atoms with Gasteiger partial charge in [0, 0.05) is 11.2 Å². The van der Waals surface area contributed by atoms with Gasteiger partial charge in [0.25, 0.3) is 0 Å². The van der Waals surface area contributed by atoms with E-state index in [1.807, 2.05) is 25.1 Å². The summed E-state index contributed by atoms with van der Waals surface area (Å²) in [5.41, 5.74) is 8.42. The quantitative estimate of drug-likeness (QED) is 0.931. The van der Waals surface area contributed by atoms with Crippen molar-refractivity contribution in [2.24, 2.45) is 5.73 Å². The number of benzene rings is 1. The van der Waals surface area contributed by atoms with Crippen LogP contribution in [0, 0.1) is 6.92 Å². The van der Waals surface area contributed by atoms with Crippen molar-refractivity contribution in [2.45, 2.75) is 13.3 Å². The summed E-state index contributed by atoms with van der Waals surface area (Å²) in [6.07, 6.45) is 2.56. The summed E-state index contributed by atoms with van der Waals surface area (Å²) in [6.45, 7) is 2.45. The molecule has 2 rings (SSSR count). The van der Waals surface area contributed by atoms with Gasteiger partial charge in [0.1, 0.15) is 0 Å². The smallest absolute Gasteiger partial charge is 0.0819 e. The molecule has 0 bridgehead atoms. The average Bonchev–Trinajstić information content (AvgIpc) is 2.62. The molecule has 2 N–H and O–H groups in total. The lowest BCUT2D eigenvalue weighted by Crippen LogP contribution is -2.07. The summed E-state index contributed by atoms with van der Waals surface area (Å²) in [6, 6.07) is 5.69. The Kier molecular flexibility index (Phi) is 3.72. The van der Waals surface area contributed by atoms with Crippen molar-refractivity contribution >= 4 is 23.2 Å². The molecule has 1 aromatic carbocycles. The second kappa shape index (κ2) is 5.08. The fraction of sp³-hybridized carbons (Fsp3) is 0.250. The van der Waals surface area contributed by atoms with Gasteiger partial charge in [-0.25, -0.2) is 4.68 Å². The lowest BCUT2D eigenvalue weighted by atomic mass is 10.1. The van der Waals surface area contributed by atoms with Crippen LogP contribution in [-0.2, 0) is 6.42 Å². The fourth-order valence-corrected chi connectivity index (χ4v) is 1.98. The number of nitrogens with zero attached hydrogens (tertiary/aromatic N) is 2. The third-order valence-corrected chi connectivity index (χ3v) is 3.15. The van der Waals surface area contributed by atoms with Gasteiger partial charge in [-0.3, -0.25) is 0 Å². The Morgan fingerprint density at radius 3 is 2.71 bits per heavy atom. The van der Waals surface area contributed by atoms with Crippen molar-refractivity contribution in [2.75, 3.05) is 6.54 Å². The van der Waals surface area contributed by atoms with E-state index in [1.54, 1.807) is 10.9 Å². The summed E-state index contributed by atoms with van der Waals surface area (Å²) >= 11 is 12.0. The van der Waals surface area contributed by atoms with Gasteiger partial charge in [0.15, 0.2) is 0 Å². The van der Waals surface area contributed by atoms with Crippen LogP contribution in [0.3, 0.4) is 0 Å². The maximum Gasteiger partial charge on any atom is 0.0819 e. The highest BCUT2D eigenvalue weighted by atomic mass is 35.5. The molecule has 0 spiro atoms. The second-order valence-corrected chi connectivity index (χ2v) is 4.66. The van der Waals surface area contributed by atoms with E-state index in [0.717, 1.165) is 23.4 Å². The zero-order chi connectivity index (χ0) is 12.4. The molecule has 1 aromatic heterocycles. The first-order valence-electron chi connectivity index (χ1n) is 5.32. The summed E-state index contributed by atoms with van der Waals surface area (Å²) in [5, 5.41) is 5.66. The number of aryl methyl sites for hydroxylation is 1. The van der Waals surface area contributed by atoms with Gasteiger partial charge in [-0.15, -0.1) is 0 Å². The molecule has 5 heteroatoms. The van der Waals surface area contributed by atoms with Crippen molar-refractivity contribution in [3.05, 3.63) is 45.7 Å².